The Morgan fingerprint density at radius 1 is 1.33 bits per heavy atom. The van der Waals surface area contributed by atoms with Gasteiger partial charge in [0.2, 0.25) is 5.88 Å². The van der Waals surface area contributed by atoms with Crippen LogP contribution in [0.15, 0.2) is 30.5 Å². The monoisotopic (exact) mass is 429 g/mol. The summed E-state index contributed by atoms with van der Waals surface area (Å²) in [6.45, 7) is 0.343. The molecule has 2 amide bonds. The molecule has 4 rings (SSSR count). The van der Waals surface area contributed by atoms with Gasteiger partial charge in [0.15, 0.2) is 5.25 Å². The van der Waals surface area contributed by atoms with E-state index in [2.05, 4.69) is 15.8 Å². The van der Waals surface area contributed by atoms with Gasteiger partial charge in [-0.2, -0.15) is 4.72 Å². The number of benzene rings is 1. The Kier molecular flexibility index (Phi) is 5.83. The molecule has 158 valence electrons. The number of amides is 2. The van der Waals surface area contributed by atoms with Crippen LogP contribution in [0.25, 0.3) is 11.1 Å². The van der Waals surface area contributed by atoms with Gasteiger partial charge in [-0.25, -0.2) is 9.78 Å². The number of likely N-dealkylation sites (tertiary alicyclic amines) is 1. The largest absolute Gasteiger partial charge is 0.593 e. The molecule has 9 heteroatoms. The van der Waals surface area contributed by atoms with Crippen LogP contribution >= 0.6 is 0 Å². The van der Waals surface area contributed by atoms with Gasteiger partial charge < -0.3 is 14.4 Å². The van der Waals surface area contributed by atoms with E-state index in [1.54, 1.807) is 13.3 Å². The summed E-state index contributed by atoms with van der Waals surface area (Å²) in [5.41, 5.74) is 5.23. The van der Waals surface area contributed by atoms with Crippen LogP contribution in [-0.2, 0) is 35.4 Å². The summed E-state index contributed by atoms with van der Waals surface area (Å²) in [5.74, 6) is 0.169. The van der Waals surface area contributed by atoms with Crippen molar-refractivity contribution in [3.8, 4) is 17.0 Å². The number of ether oxygens (including phenoxy) is 1. The fourth-order valence-corrected chi connectivity index (χ4v) is 5.12. The lowest BCUT2D eigenvalue weighted by Crippen LogP contribution is -2.59. The number of carbonyl (C=O) groups is 2. The predicted octanol–water partition coefficient (Wildman–Crippen LogP) is 1.93. The van der Waals surface area contributed by atoms with Crippen molar-refractivity contribution in [1.29, 1.82) is 0 Å². The van der Waals surface area contributed by atoms with Gasteiger partial charge in [-0.15, -0.1) is 0 Å². The lowest BCUT2D eigenvalue weighted by atomic mass is 9.91. The summed E-state index contributed by atoms with van der Waals surface area (Å²) in [7, 11) is 1.56. The Morgan fingerprint density at radius 2 is 2.13 bits per heavy atom. The molecule has 0 bridgehead atoms. The van der Waals surface area contributed by atoms with Crippen LogP contribution in [0.2, 0.25) is 0 Å². The van der Waals surface area contributed by atoms with Crippen molar-refractivity contribution in [2.45, 2.75) is 30.9 Å². The summed E-state index contributed by atoms with van der Waals surface area (Å²) >= 11 is -1.61. The molecule has 30 heavy (non-hydrogen) atoms. The van der Waals surface area contributed by atoms with E-state index in [0.717, 1.165) is 36.0 Å². The Hall–Kier alpha value is -2.78. The fourth-order valence-electron chi connectivity index (χ4n) is 4.03. The van der Waals surface area contributed by atoms with Gasteiger partial charge in [-0.1, -0.05) is 12.1 Å². The maximum absolute atomic E-state index is 12.7. The van der Waals surface area contributed by atoms with E-state index in [1.165, 1.54) is 16.0 Å². The number of hydrogen-bond donors (Lipinski definition) is 2. The minimum Gasteiger partial charge on any atom is -0.593 e. The zero-order valence-electron chi connectivity index (χ0n) is 16.6. The highest BCUT2D eigenvalue weighted by atomic mass is 32.2. The molecule has 8 nitrogen and oxygen atoms in total. The summed E-state index contributed by atoms with van der Waals surface area (Å²) < 4.78 is 20.2. The Labute approximate surface area is 177 Å². The zero-order valence-corrected chi connectivity index (χ0v) is 17.4. The van der Waals surface area contributed by atoms with E-state index in [0.29, 0.717) is 5.88 Å². The molecule has 0 radical (unpaired) electrons. The highest BCUT2D eigenvalue weighted by Crippen LogP contribution is 2.34. The fraction of sp³-hybridized carbons (Fsp3) is 0.381. The normalized spacial score (nSPS) is 16.5. The van der Waals surface area contributed by atoms with Crippen LogP contribution in [-0.4, -0.2) is 57.0 Å². The lowest BCUT2D eigenvalue weighted by Gasteiger charge is -2.36. The van der Waals surface area contributed by atoms with Gasteiger partial charge in [0, 0.05) is 12.3 Å². The quantitative estimate of drug-likeness (QED) is 0.678. The van der Waals surface area contributed by atoms with Gasteiger partial charge in [0.25, 0.3) is 5.91 Å². The third-order valence-electron chi connectivity index (χ3n) is 5.63. The summed E-state index contributed by atoms with van der Waals surface area (Å²) in [6.07, 6.45) is 3.70. The highest BCUT2D eigenvalue weighted by molar-refractivity contribution is 7.90. The van der Waals surface area contributed by atoms with E-state index in [-0.39, 0.29) is 30.7 Å². The highest BCUT2D eigenvalue weighted by Gasteiger charge is 2.40. The number of hydrogen-bond acceptors (Lipinski definition) is 5. The summed E-state index contributed by atoms with van der Waals surface area (Å²) in [6, 6.07) is 7.85. The van der Waals surface area contributed by atoms with Gasteiger partial charge in [0.05, 0.1) is 38.0 Å². The Balaban J connectivity index is 1.53. The number of methoxy groups -OCH3 is 1. The van der Waals surface area contributed by atoms with E-state index in [1.807, 2.05) is 18.2 Å². The van der Waals surface area contributed by atoms with Crippen LogP contribution in [0.5, 0.6) is 5.88 Å². The van der Waals surface area contributed by atoms with Gasteiger partial charge in [-0.3, -0.25) is 9.69 Å². The van der Waals surface area contributed by atoms with Crippen molar-refractivity contribution in [2.75, 3.05) is 20.2 Å². The van der Waals surface area contributed by atoms with E-state index < -0.39 is 17.5 Å². The second-order valence-corrected chi connectivity index (χ2v) is 8.94. The predicted molar refractivity (Wildman–Crippen MR) is 112 cm³/mol. The van der Waals surface area contributed by atoms with Gasteiger partial charge in [-0.05, 0) is 53.1 Å². The van der Waals surface area contributed by atoms with E-state index in [4.69, 9.17) is 9.84 Å². The van der Waals surface area contributed by atoms with E-state index >= 15 is 0 Å². The average Bonchev–Trinajstić information content (AvgIpc) is 3.16. The molecule has 1 aromatic heterocycles. The lowest BCUT2D eigenvalue weighted by molar-refractivity contribution is -0.118. The third kappa shape index (κ3) is 4.08. The minimum atomic E-state index is -1.61. The summed E-state index contributed by atoms with van der Waals surface area (Å²) in [5, 5.41) is 8.54. The molecule has 1 fully saturated rings. The molecule has 0 spiro atoms. The minimum absolute atomic E-state index is 0.115. The van der Waals surface area contributed by atoms with E-state index in [9.17, 15) is 14.1 Å². The second kappa shape index (κ2) is 8.53. The van der Waals surface area contributed by atoms with Crippen molar-refractivity contribution in [1.82, 2.24) is 14.6 Å². The van der Waals surface area contributed by atoms with Crippen LogP contribution < -0.4 is 9.46 Å². The molecule has 1 unspecified atom stereocenters. The standard InChI is InChI=1S/C21H23N3O5S/c1-29-20-9-14(7-8-22-20)17-6-5-13-3-2-4-16(13)18(17)10-19(25)23-30(28)15-11-24(12-15)21(26)27/h5-9,15H,2-4,10-12H2,1H3,(H,23,25)(H,26,27). The zero-order chi connectivity index (χ0) is 21.3. The summed E-state index contributed by atoms with van der Waals surface area (Å²) in [4.78, 5) is 28.9. The number of rotatable bonds is 6. The number of nitrogens with zero attached hydrogens (tertiary/aromatic N) is 2. The van der Waals surface area contributed by atoms with Crippen LogP contribution in [0.4, 0.5) is 4.79 Å². The molecule has 2 N–H and O–H groups in total. The first-order valence-corrected chi connectivity index (χ1v) is 11.0. The maximum Gasteiger partial charge on any atom is 0.407 e. The number of carbonyl (C=O) groups excluding carboxylic acids is 1. The smallest absolute Gasteiger partial charge is 0.407 e. The molecule has 1 aromatic carbocycles. The van der Waals surface area contributed by atoms with Crippen molar-refractivity contribution in [3.05, 3.63) is 47.2 Å². The van der Waals surface area contributed by atoms with Crippen LogP contribution in [0.1, 0.15) is 23.1 Å². The van der Waals surface area contributed by atoms with Crippen LogP contribution in [0.3, 0.4) is 0 Å². The molecule has 2 aromatic rings. The first-order valence-electron chi connectivity index (χ1n) is 9.78. The van der Waals surface area contributed by atoms with Gasteiger partial charge in [0.1, 0.15) is 0 Å². The van der Waals surface area contributed by atoms with Crippen LogP contribution in [0, 0.1) is 0 Å². The SMILES string of the molecule is COc1cc(-c2ccc3c(c2CC(=O)N[S+]([O-])C2CN(C(=O)O)C2)CCC3)ccn1. The topological polar surface area (TPSA) is 115 Å². The molecule has 0 saturated carbocycles. The van der Waals surface area contributed by atoms with Crippen molar-refractivity contribution in [3.63, 3.8) is 0 Å². The maximum atomic E-state index is 12.7. The molecule has 2 heterocycles. The number of pyridine rings is 1. The van der Waals surface area contributed by atoms with Crippen molar-refractivity contribution < 1.29 is 24.0 Å². The second-order valence-electron chi connectivity index (χ2n) is 7.48. The first-order chi connectivity index (χ1) is 14.5. The van der Waals surface area contributed by atoms with Crippen molar-refractivity contribution in [2.24, 2.45) is 0 Å². The molecule has 2 aliphatic rings. The van der Waals surface area contributed by atoms with Gasteiger partial charge >= 0.3 is 6.09 Å². The number of nitrogens with one attached hydrogen (secondary N) is 1. The molecule has 1 saturated heterocycles. The van der Waals surface area contributed by atoms with Crippen molar-refractivity contribution >= 4 is 23.4 Å². The Bertz CT molecular complexity index is 977. The molecular formula is C21H23N3O5S. The number of aromatic nitrogens is 1. The number of carboxylic acid groups (broad SMARTS) is 1. The number of aryl methyl sites for hydroxylation is 1. The third-order valence-corrected chi connectivity index (χ3v) is 6.96. The molecule has 1 atom stereocenters. The first kappa shape index (κ1) is 20.5. The molecule has 1 aliphatic heterocycles. The molecule has 1 aliphatic carbocycles. The number of fused-ring (bicyclic) bond motifs is 1. The Morgan fingerprint density at radius 3 is 2.87 bits per heavy atom. The molecular weight excluding hydrogens is 406 g/mol. The average molecular weight is 429 g/mol.